The summed E-state index contributed by atoms with van der Waals surface area (Å²) in [5, 5.41) is 12.3. The Balaban J connectivity index is 1.96. The fraction of sp³-hybridized carbons (Fsp3) is 0.188. The van der Waals surface area contributed by atoms with Gasteiger partial charge in [0.05, 0.1) is 17.3 Å². The molecule has 2 aromatic carbocycles. The molecule has 0 saturated heterocycles. The molecule has 0 aliphatic carbocycles. The van der Waals surface area contributed by atoms with E-state index in [1.807, 2.05) is 19.1 Å². The number of rotatable bonds is 5. The number of nitrogens with one attached hydrogen (secondary N) is 1. The topological polar surface area (TPSA) is 58.6 Å². The van der Waals surface area contributed by atoms with Crippen LogP contribution in [0.5, 0.6) is 5.75 Å². The summed E-state index contributed by atoms with van der Waals surface area (Å²) in [6.45, 7) is 1.68. The summed E-state index contributed by atoms with van der Waals surface area (Å²) < 4.78 is 5.40. The summed E-state index contributed by atoms with van der Waals surface area (Å²) in [5.74, 6) is 0.244. The molecule has 1 amide bonds. The summed E-state index contributed by atoms with van der Waals surface area (Å²) in [7, 11) is 0. The van der Waals surface area contributed by atoms with Crippen LogP contribution < -0.4 is 10.1 Å². The molecule has 0 bridgehead atoms. The van der Waals surface area contributed by atoms with Crippen LogP contribution in [0.25, 0.3) is 0 Å². The van der Waals surface area contributed by atoms with Crippen molar-refractivity contribution in [1.29, 1.82) is 0 Å². The highest BCUT2D eigenvalue weighted by Gasteiger charge is 2.09. The minimum absolute atomic E-state index is 0.0672. The number of carbonyl (C=O) groups is 1. The van der Waals surface area contributed by atoms with Crippen molar-refractivity contribution < 1.29 is 14.6 Å². The van der Waals surface area contributed by atoms with Gasteiger partial charge in [-0.15, -0.1) is 0 Å². The van der Waals surface area contributed by atoms with Gasteiger partial charge in [0.1, 0.15) is 5.75 Å². The Labute approximate surface area is 128 Å². The molecule has 2 aromatic rings. The Morgan fingerprint density at radius 1 is 1.29 bits per heavy atom. The number of aliphatic hydroxyl groups excluding tert-OH is 1. The number of hydrogen-bond acceptors (Lipinski definition) is 3. The van der Waals surface area contributed by atoms with Gasteiger partial charge in [-0.2, -0.15) is 0 Å². The molecule has 110 valence electrons. The van der Waals surface area contributed by atoms with Gasteiger partial charge in [0, 0.05) is 0 Å². The van der Waals surface area contributed by atoms with Crippen molar-refractivity contribution >= 4 is 23.2 Å². The summed E-state index contributed by atoms with van der Waals surface area (Å²) in [5.41, 5.74) is 2.21. The van der Waals surface area contributed by atoms with Crippen LogP contribution in [0.4, 0.5) is 5.69 Å². The number of halogens is 1. The normalized spacial score (nSPS) is 10.2. The van der Waals surface area contributed by atoms with Gasteiger partial charge in [-0.05, 0) is 36.2 Å². The molecule has 0 atom stereocenters. The number of amides is 1. The van der Waals surface area contributed by atoms with Crippen molar-refractivity contribution in [1.82, 2.24) is 0 Å². The lowest BCUT2D eigenvalue weighted by atomic mass is 10.2. The van der Waals surface area contributed by atoms with Crippen molar-refractivity contribution in [3.63, 3.8) is 0 Å². The highest BCUT2D eigenvalue weighted by atomic mass is 35.5. The Kier molecular flexibility index (Phi) is 5.20. The first-order valence-electron chi connectivity index (χ1n) is 6.47. The van der Waals surface area contributed by atoms with Gasteiger partial charge in [0.15, 0.2) is 6.61 Å². The summed E-state index contributed by atoms with van der Waals surface area (Å²) in [6, 6.07) is 12.4. The molecule has 0 aliphatic heterocycles. The molecule has 0 unspecified atom stereocenters. The van der Waals surface area contributed by atoms with Crippen molar-refractivity contribution in [2.75, 3.05) is 11.9 Å². The van der Waals surface area contributed by atoms with Crippen molar-refractivity contribution in [2.24, 2.45) is 0 Å². The fourth-order valence-corrected chi connectivity index (χ4v) is 2.12. The monoisotopic (exact) mass is 305 g/mol. The Hall–Kier alpha value is -2.04. The van der Waals surface area contributed by atoms with Gasteiger partial charge >= 0.3 is 0 Å². The summed E-state index contributed by atoms with van der Waals surface area (Å²) in [4.78, 5) is 11.9. The highest BCUT2D eigenvalue weighted by Crippen LogP contribution is 2.25. The van der Waals surface area contributed by atoms with Gasteiger partial charge in [-0.1, -0.05) is 35.9 Å². The van der Waals surface area contributed by atoms with Crippen LogP contribution in [0.1, 0.15) is 11.1 Å². The predicted octanol–water partition coefficient (Wildman–Crippen LogP) is 3.16. The number of ether oxygens (including phenoxy) is 1. The molecule has 0 aliphatic rings. The van der Waals surface area contributed by atoms with E-state index in [4.69, 9.17) is 21.4 Å². The van der Waals surface area contributed by atoms with Gasteiger partial charge in [0.25, 0.3) is 5.91 Å². The number of aliphatic hydroxyl groups is 1. The van der Waals surface area contributed by atoms with Crippen molar-refractivity contribution in [3.8, 4) is 5.75 Å². The number of benzene rings is 2. The third kappa shape index (κ3) is 4.21. The maximum Gasteiger partial charge on any atom is 0.262 e. The molecule has 2 rings (SSSR count). The van der Waals surface area contributed by atoms with Crippen molar-refractivity contribution in [2.45, 2.75) is 13.5 Å². The molecule has 2 N–H and O–H groups in total. The Bertz CT molecular complexity index is 623. The van der Waals surface area contributed by atoms with Gasteiger partial charge in [0.2, 0.25) is 0 Å². The van der Waals surface area contributed by atoms with Crippen LogP contribution in [0.3, 0.4) is 0 Å². The molecular formula is C16H16ClNO3. The largest absolute Gasteiger partial charge is 0.484 e. The van der Waals surface area contributed by atoms with Gasteiger partial charge in [-0.25, -0.2) is 0 Å². The lowest BCUT2D eigenvalue weighted by Gasteiger charge is -2.11. The van der Waals surface area contributed by atoms with Gasteiger partial charge < -0.3 is 15.2 Å². The molecule has 5 heteroatoms. The molecule has 0 fully saturated rings. The van der Waals surface area contributed by atoms with Crippen LogP contribution in [0.15, 0.2) is 42.5 Å². The summed E-state index contributed by atoms with van der Waals surface area (Å²) >= 11 is 6.05. The second-order valence-electron chi connectivity index (χ2n) is 4.57. The fourth-order valence-electron chi connectivity index (χ4n) is 1.85. The maximum absolute atomic E-state index is 11.9. The van der Waals surface area contributed by atoms with Crippen LogP contribution in [0, 0.1) is 6.92 Å². The first-order chi connectivity index (χ1) is 10.1. The number of aryl methyl sites for hydroxylation is 1. The average molecular weight is 306 g/mol. The number of anilines is 1. The first kappa shape index (κ1) is 15.4. The average Bonchev–Trinajstić information content (AvgIpc) is 2.49. The smallest absolute Gasteiger partial charge is 0.262 e. The third-order valence-corrected chi connectivity index (χ3v) is 3.25. The van der Waals surface area contributed by atoms with E-state index in [1.165, 1.54) is 0 Å². The predicted molar refractivity (Wildman–Crippen MR) is 82.7 cm³/mol. The third-order valence-electron chi connectivity index (χ3n) is 2.94. The quantitative estimate of drug-likeness (QED) is 0.892. The molecule has 0 saturated carbocycles. The van der Waals surface area contributed by atoms with Gasteiger partial charge in [-0.3, -0.25) is 4.79 Å². The minimum Gasteiger partial charge on any atom is -0.484 e. The lowest BCUT2D eigenvalue weighted by molar-refractivity contribution is -0.118. The molecule has 0 radical (unpaired) electrons. The first-order valence-corrected chi connectivity index (χ1v) is 6.85. The number of hydrogen-bond donors (Lipinski definition) is 2. The Morgan fingerprint density at radius 2 is 2.05 bits per heavy atom. The second kappa shape index (κ2) is 7.11. The molecule has 21 heavy (non-hydrogen) atoms. The van der Waals surface area contributed by atoms with E-state index in [0.29, 0.717) is 16.5 Å². The molecular weight excluding hydrogens is 290 g/mol. The standard InChI is InChI=1S/C16H16ClNO3/c1-11-4-2-7-14(17)16(11)18-15(20)10-21-13-6-3-5-12(8-13)9-19/h2-8,19H,9-10H2,1H3,(H,18,20). The maximum atomic E-state index is 11.9. The minimum atomic E-state index is -0.291. The van der Waals surface area contributed by atoms with Crippen LogP contribution in [-0.4, -0.2) is 17.6 Å². The van der Waals surface area contributed by atoms with E-state index in [-0.39, 0.29) is 19.1 Å². The summed E-state index contributed by atoms with van der Waals surface area (Å²) in [6.07, 6.45) is 0. The molecule has 0 heterocycles. The zero-order chi connectivity index (χ0) is 15.2. The van der Waals surface area contributed by atoms with E-state index >= 15 is 0 Å². The van der Waals surface area contributed by atoms with E-state index in [0.717, 1.165) is 11.1 Å². The lowest BCUT2D eigenvalue weighted by Crippen LogP contribution is -2.20. The number of para-hydroxylation sites is 1. The van der Waals surface area contributed by atoms with Crippen LogP contribution >= 0.6 is 11.6 Å². The SMILES string of the molecule is Cc1cccc(Cl)c1NC(=O)COc1cccc(CO)c1. The Morgan fingerprint density at radius 3 is 2.76 bits per heavy atom. The van der Waals surface area contributed by atoms with E-state index < -0.39 is 0 Å². The van der Waals surface area contributed by atoms with E-state index in [9.17, 15) is 4.79 Å². The van der Waals surface area contributed by atoms with Crippen LogP contribution in [0.2, 0.25) is 5.02 Å². The molecule has 4 nitrogen and oxygen atoms in total. The van der Waals surface area contributed by atoms with E-state index in [2.05, 4.69) is 5.32 Å². The van der Waals surface area contributed by atoms with E-state index in [1.54, 1.807) is 30.3 Å². The number of carbonyl (C=O) groups excluding carboxylic acids is 1. The highest BCUT2D eigenvalue weighted by molar-refractivity contribution is 6.33. The second-order valence-corrected chi connectivity index (χ2v) is 4.98. The zero-order valence-corrected chi connectivity index (χ0v) is 12.4. The molecule has 0 aromatic heterocycles. The van der Waals surface area contributed by atoms with Crippen molar-refractivity contribution in [3.05, 3.63) is 58.6 Å². The zero-order valence-electron chi connectivity index (χ0n) is 11.6. The van der Waals surface area contributed by atoms with Crippen LogP contribution in [-0.2, 0) is 11.4 Å². The molecule has 0 spiro atoms.